The number of hydrogen-bond acceptors (Lipinski definition) is 2. The Morgan fingerprint density at radius 3 is 2.76 bits per heavy atom. The Hall–Kier alpha value is -1.20. The molecular weight excluding hydrogens is 399 g/mol. The summed E-state index contributed by atoms with van der Waals surface area (Å²) in [5.74, 6) is 0. The van der Waals surface area contributed by atoms with E-state index in [1.165, 1.54) is 0 Å². The maximum atomic E-state index is 14.3. The molecule has 2 heterocycles. The number of anilines is 1. The molecule has 108 valence electrons. The summed E-state index contributed by atoms with van der Waals surface area (Å²) >= 11 is 1.77. The number of halogens is 2. The number of pyridine rings is 1. The van der Waals surface area contributed by atoms with Crippen LogP contribution in [0, 0.1) is 6.92 Å². The van der Waals surface area contributed by atoms with Crippen molar-refractivity contribution in [3.63, 3.8) is 0 Å². The molecule has 0 spiro atoms. The summed E-state index contributed by atoms with van der Waals surface area (Å²) in [4.78, 5) is 7.68. The molecular formula is C15H14FIN3P. The molecule has 3 N–H and O–H groups in total. The third kappa shape index (κ3) is 2.64. The number of aromatic nitrogens is 2. The predicted molar refractivity (Wildman–Crippen MR) is 97.2 cm³/mol. The quantitative estimate of drug-likeness (QED) is 0.369. The largest absolute Gasteiger partial charge is 0.397 e. The molecule has 21 heavy (non-hydrogen) atoms. The van der Waals surface area contributed by atoms with E-state index in [1.807, 2.05) is 37.4 Å². The van der Waals surface area contributed by atoms with Crippen molar-refractivity contribution in [2.75, 3.05) is 5.73 Å². The molecule has 3 rings (SSSR count). The van der Waals surface area contributed by atoms with Crippen molar-refractivity contribution < 1.29 is 4.39 Å². The summed E-state index contributed by atoms with van der Waals surface area (Å²) in [7, 11) is 2.22. The second-order valence-corrected chi connectivity index (χ2v) is 8.47. The molecule has 0 radical (unpaired) electrons. The summed E-state index contributed by atoms with van der Waals surface area (Å²) in [5.41, 5.74) is 10.4. The first-order valence-corrected chi connectivity index (χ1v) is 8.04. The molecule has 1 aromatic carbocycles. The average molecular weight is 413 g/mol. The number of nitrogen functional groups attached to an aromatic ring is 1. The first-order valence-electron chi connectivity index (χ1n) is 6.38. The Balaban J connectivity index is 2.23. The van der Waals surface area contributed by atoms with Gasteiger partial charge in [-0.3, -0.25) is 4.98 Å². The van der Waals surface area contributed by atoms with E-state index in [9.17, 15) is 4.39 Å². The van der Waals surface area contributed by atoms with Crippen molar-refractivity contribution in [2.24, 2.45) is 0 Å². The highest BCUT2D eigenvalue weighted by molar-refractivity contribution is 14.1. The number of benzene rings is 1. The molecule has 6 heteroatoms. The number of nitrogens with zero attached hydrogens (tertiary/aromatic N) is 1. The fourth-order valence-electron chi connectivity index (χ4n) is 2.37. The summed E-state index contributed by atoms with van der Waals surface area (Å²) < 4.78 is 12.8. The van der Waals surface area contributed by atoms with Gasteiger partial charge in [-0.25, -0.2) is 4.39 Å². The van der Waals surface area contributed by atoms with E-state index in [4.69, 9.17) is 5.73 Å². The third-order valence-corrected chi connectivity index (χ3v) is 4.37. The number of para-hydroxylation sites is 1. The van der Waals surface area contributed by atoms with Gasteiger partial charge in [0.05, 0.1) is 22.6 Å². The molecule has 2 unspecified atom stereocenters. The van der Waals surface area contributed by atoms with Crippen LogP contribution >= 0.6 is 31.8 Å². The zero-order chi connectivity index (χ0) is 15.2. The van der Waals surface area contributed by atoms with Crippen LogP contribution in [-0.4, -0.2) is 9.97 Å². The second kappa shape index (κ2) is 5.21. The van der Waals surface area contributed by atoms with E-state index in [0.29, 0.717) is 11.3 Å². The van der Waals surface area contributed by atoms with Gasteiger partial charge < -0.3 is 10.7 Å². The third-order valence-electron chi connectivity index (χ3n) is 3.48. The number of aromatic amines is 1. The van der Waals surface area contributed by atoms with Crippen LogP contribution in [0.15, 0.2) is 36.5 Å². The predicted octanol–water partition coefficient (Wildman–Crippen LogP) is 4.51. The maximum Gasteiger partial charge on any atom is 0.200 e. The lowest BCUT2D eigenvalue weighted by molar-refractivity contribution is 0.449. The van der Waals surface area contributed by atoms with Gasteiger partial charge >= 0.3 is 0 Å². The lowest BCUT2D eigenvalue weighted by atomic mass is 10.1. The van der Waals surface area contributed by atoms with Crippen molar-refractivity contribution in [2.45, 2.75) is 10.3 Å². The lowest BCUT2D eigenvalue weighted by Gasteiger charge is -2.13. The van der Waals surface area contributed by atoms with Crippen LogP contribution in [0.2, 0.25) is 0 Å². The average Bonchev–Trinajstić information content (AvgIpc) is 2.84. The van der Waals surface area contributed by atoms with E-state index in [1.54, 1.807) is 28.7 Å². The van der Waals surface area contributed by atoms with Crippen LogP contribution in [0.3, 0.4) is 0 Å². The molecule has 3 aromatic rings. The highest BCUT2D eigenvalue weighted by Gasteiger charge is 2.25. The van der Waals surface area contributed by atoms with Gasteiger partial charge in [-0.1, -0.05) is 27.4 Å². The number of nitrogens with two attached hydrogens (primary N) is 1. The molecule has 0 aliphatic heterocycles. The standard InChI is InChI=1S/C15H14FIN3P/c1-8-12(18)5-6-13(20-8)10-7-19-14-9(10)3-2-4-11(14)15(16,17)21/h2-7,19H,18,21H2,1H3. The molecule has 2 atom stereocenters. The van der Waals surface area contributed by atoms with Gasteiger partial charge in [0.25, 0.3) is 0 Å². The van der Waals surface area contributed by atoms with E-state index in [2.05, 4.69) is 19.2 Å². The van der Waals surface area contributed by atoms with Crippen molar-refractivity contribution in [1.29, 1.82) is 0 Å². The van der Waals surface area contributed by atoms with Gasteiger partial charge in [0.2, 0.25) is 0 Å². The number of alkyl halides is 2. The van der Waals surface area contributed by atoms with Crippen LogP contribution in [0.4, 0.5) is 10.1 Å². The van der Waals surface area contributed by atoms with Gasteiger partial charge in [0.15, 0.2) is 3.42 Å². The second-order valence-electron chi connectivity index (χ2n) is 4.92. The molecule has 0 saturated carbocycles. The minimum absolute atomic E-state index is 0.601. The first kappa shape index (κ1) is 14.7. The van der Waals surface area contributed by atoms with Crippen LogP contribution < -0.4 is 5.73 Å². The molecule has 0 aliphatic rings. The van der Waals surface area contributed by atoms with E-state index in [0.717, 1.165) is 27.9 Å². The van der Waals surface area contributed by atoms with Gasteiger partial charge in [-0.05, 0) is 41.6 Å². The van der Waals surface area contributed by atoms with Crippen LogP contribution in [0.5, 0.6) is 0 Å². The molecule has 0 saturated heterocycles. The Labute approximate surface area is 137 Å². The molecule has 0 bridgehead atoms. The van der Waals surface area contributed by atoms with Crippen molar-refractivity contribution >= 4 is 48.4 Å². The van der Waals surface area contributed by atoms with Gasteiger partial charge in [-0.2, -0.15) is 0 Å². The minimum atomic E-state index is -1.51. The number of hydrogen-bond donors (Lipinski definition) is 2. The van der Waals surface area contributed by atoms with E-state index >= 15 is 0 Å². The summed E-state index contributed by atoms with van der Waals surface area (Å²) in [6.07, 6.45) is 1.86. The zero-order valence-electron chi connectivity index (χ0n) is 11.3. The minimum Gasteiger partial charge on any atom is -0.397 e. The van der Waals surface area contributed by atoms with Crippen LogP contribution in [0.25, 0.3) is 22.2 Å². The smallest absolute Gasteiger partial charge is 0.200 e. The highest BCUT2D eigenvalue weighted by atomic mass is 127. The fraction of sp³-hybridized carbons (Fsp3) is 0.133. The molecule has 0 amide bonds. The molecule has 0 aliphatic carbocycles. The van der Waals surface area contributed by atoms with Crippen LogP contribution in [0.1, 0.15) is 11.3 Å². The number of nitrogens with one attached hydrogen (secondary N) is 1. The summed E-state index contributed by atoms with van der Waals surface area (Å²) in [6, 6.07) is 9.32. The summed E-state index contributed by atoms with van der Waals surface area (Å²) in [5, 5.41) is 0.949. The Morgan fingerprint density at radius 1 is 1.33 bits per heavy atom. The number of rotatable bonds is 2. The van der Waals surface area contributed by atoms with Crippen molar-refractivity contribution in [1.82, 2.24) is 9.97 Å². The molecule has 3 nitrogen and oxygen atoms in total. The number of H-pyrrole nitrogens is 1. The first-order chi connectivity index (χ1) is 9.88. The maximum absolute atomic E-state index is 14.3. The highest BCUT2D eigenvalue weighted by Crippen LogP contribution is 2.44. The summed E-state index contributed by atoms with van der Waals surface area (Å²) in [6.45, 7) is 1.87. The monoisotopic (exact) mass is 413 g/mol. The fourth-order valence-corrected chi connectivity index (χ4v) is 3.06. The van der Waals surface area contributed by atoms with Gasteiger partial charge in [0.1, 0.15) is 0 Å². The van der Waals surface area contributed by atoms with Crippen molar-refractivity contribution in [3.8, 4) is 11.3 Å². The lowest BCUT2D eigenvalue weighted by Crippen LogP contribution is -2.00. The Kier molecular flexibility index (Phi) is 3.66. The molecule has 2 aromatic heterocycles. The zero-order valence-corrected chi connectivity index (χ0v) is 14.6. The number of fused-ring (bicyclic) bond motifs is 1. The van der Waals surface area contributed by atoms with Crippen molar-refractivity contribution in [3.05, 3.63) is 47.8 Å². The van der Waals surface area contributed by atoms with E-state index in [-0.39, 0.29) is 0 Å². The van der Waals surface area contributed by atoms with Gasteiger partial charge in [0, 0.05) is 22.7 Å². The topological polar surface area (TPSA) is 54.7 Å². The van der Waals surface area contributed by atoms with Gasteiger partial charge in [-0.15, -0.1) is 0 Å². The Morgan fingerprint density at radius 2 is 2.10 bits per heavy atom. The van der Waals surface area contributed by atoms with Crippen LogP contribution in [-0.2, 0) is 3.42 Å². The molecule has 0 fully saturated rings. The number of aryl methyl sites for hydroxylation is 1. The normalized spacial score (nSPS) is 14.3. The Bertz CT molecular complexity index is 823. The van der Waals surface area contributed by atoms with E-state index < -0.39 is 3.42 Å². The SMILES string of the molecule is Cc1nc(-c2c[nH]c3c(C(F)(P)I)cccc23)ccc1N.